The Bertz CT molecular complexity index is 305. The molecule has 0 aromatic carbocycles. The molecule has 2 rings (SSSR count). The first-order valence-electron chi connectivity index (χ1n) is 8.03. The number of amides is 1. The molecule has 0 saturated carbocycles. The molecule has 1 unspecified atom stereocenters. The van der Waals surface area contributed by atoms with Gasteiger partial charge in [0, 0.05) is 25.7 Å². The topological polar surface area (TPSA) is 53.6 Å². The second-order valence-corrected chi connectivity index (χ2v) is 6.19. The lowest BCUT2D eigenvalue weighted by Crippen LogP contribution is -2.49. The molecule has 0 bridgehead atoms. The first kappa shape index (κ1) is 21.9. The highest BCUT2D eigenvalue weighted by molar-refractivity contribution is 5.85. The van der Waals surface area contributed by atoms with E-state index in [2.05, 4.69) is 29.4 Å². The summed E-state index contributed by atoms with van der Waals surface area (Å²) in [5.41, 5.74) is 0. The van der Waals surface area contributed by atoms with Crippen LogP contribution < -0.4 is 10.6 Å². The monoisotopic (exact) mass is 355 g/mol. The summed E-state index contributed by atoms with van der Waals surface area (Å²) in [7, 11) is 0. The van der Waals surface area contributed by atoms with Crippen molar-refractivity contribution in [2.75, 3.05) is 32.8 Å². The summed E-state index contributed by atoms with van der Waals surface area (Å²) in [5, 5.41) is 6.45. The number of hydrogen-bond acceptors (Lipinski definition) is 4. The molecule has 2 heterocycles. The maximum Gasteiger partial charge on any atom is 0.237 e. The maximum absolute atomic E-state index is 12.0. The Morgan fingerprint density at radius 3 is 2.50 bits per heavy atom. The van der Waals surface area contributed by atoms with Crippen molar-refractivity contribution in [1.29, 1.82) is 0 Å². The van der Waals surface area contributed by atoms with Gasteiger partial charge in [0.25, 0.3) is 0 Å². The van der Waals surface area contributed by atoms with E-state index in [1.807, 2.05) is 0 Å². The van der Waals surface area contributed by atoms with E-state index >= 15 is 0 Å². The summed E-state index contributed by atoms with van der Waals surface area (Å²) in [6.07, 6.45) is 4.52. The molecule has 0 radical (unpaired) electrons. The molecule has 7 heteroatoms. The number of nitrogens with one attached hydrogen (secondary N) is 2. The van der Waals surface area contributed by atoms with Crippen molar-refractivity contribution < 1.29 is 9.53 Å². The molecule has 2 aliphatic rings. The van der Waals surface area contributed by atoms with Crippen molar-refractivity contribution in [1.82, 2.24) is 15.5 Å². The number of likely N-dealkylation sites (tertiary alicyclic amines) is 1. The molecule has 2 saturated heterocycles. The van der Waals surface area contributed by atoms with Gasteiger partial charge in [0.05, 0.1) is 18.8 Å². The fourth-order valence-corrected chi connectivity index (χ4v) is 2.93. The third kappa shape index (κ3) is 7.47. The van der Waals surface area contributed by atoms with Gasteiger partial charge in [-0.2, -0.15) is 0 Å². The largest absolute Gasteiger partial charge is 0.377 e. The van der Waals surface area contributed by atoms with Crippen LogP contribution in [0.1, 0.15) is 39.5 Å². The van der Waals surface area contributed by atoms with Crippen LogP contribution in [0.4, 0.5) is 0 Å². The van der Waals surface area contributed by atoms with Crippen LogP contribution in [-0.4, -0.2) is 61.8 Å². The van der Waals surface area contributed by atoms with Crippen molar-refractivity contribution >= 4 is 30.7 Å². The maximum atomic E-state index is 12.0. The summed E-state index contributed by atoms with van der Waals surface area (Å²) < 4.78 is 5.58. The lowest BCUT2D eigenvalue weighted by Gasteiger charge is -2.32. The third-order valence-corrected chi connectivity index (χ3v) is 4.17. The van der Waals surface area contributed by atoms with Gasteiger partial charge < -0.3 is 20.3 Å². The molecule has 2 aliphatic heterocycles. The Balaban J connectivity index is 0.00000220. The molecule has 2 N–H and O–H groups in total. The van der Waals surface area contributed by atoms with E-state index < -0.39 is 0 Å². The zero-order valence-electron chi connectivity index (χ0n) is 13.7. The summed E-state index contributed by atoms with van der Waals surface area (Å²) in [4.78, 5) is 14.5. The lowest BCUT2D eigenvalue weighted by molar-refractivity contribution is -0.123. The molecule has 0 aliphatic carbocycles. The van der Waals surface area contributed by atoms with E-state index in [1.54, 1.807) is 0 Å². The van der Waals surface area contributed by atoms with Gasteiger partial charge in [-0.3, -0.25) is 4.79 Å². The van der Waals surface area contributed by atoms with Gasteiger partial charge in [-0.25, -0.2) is 0 Å². The van der Waals surface area contributed by atoms with Crippen molar-refractivity contribution in [3.8, 4) is 0 Å². The van der Waals surface area contributed by atoms with Crippen molar-refractivity contribution in [3.05, 3.63) is 0 Å². The number of hydrogen-bond donors (Lipinski definition) is 2. The van der Waals surface area contributed by atoms with Gasteiger partial charge >= 0.3 is 0 Å². The number of nitrogens with zero attached hydrogens (tertiary/aromatic N) is 1. The molecule has 22 heavy (non-hydrogen) atoms. The molecule has 0 aromatic heterocycles. The van der Waals surface area contributed by atoms with E-state index in [9.17, 15) is 4.79 Å². The van der Waals surface area contributed by atoms with Crippen molar-refractivity contribution in [3.63, 3.8) is 0 Å². The van der Waals surface area contributed by atoms with Gasteiger partial charge in [-0.15, -0.1) is 24.8 Å². The third-order valence-electron chi connectivity index (χ3n) is 4.17. The number of halogens is 2. The van der Waals surface area contributed by atoms with Gasteiger partial charge in [-0.05, 0) is 46.1 Å². The molecule has 0 aromatic rings. The van der Waals surface area contributed by atoms with Crippen LogP contribution in [0, 0.1) is 0 Å². The molecule has 2 fully saturated rings. The second kappa shape index (κ2) is 11.5. The SMILES string of the molecule is CC(C)OCCN1CCC(NC(=O)C2CCCN2)CC1.Cl.Cl. The Morgan fingerprint density at radius 2 is 1.95 bits per heavy atom. The molecule has 1 amide bonds. The number of carbonyl (C=O) groups excluding carboxylic acids is 1. The fraction of sp³-hybridized carbons (Fsp3) is 0.933. The van der Waals surface area contributed by atoms with Crippen LogP contribution in [0.3, 0.4) is 0 Å². The van der Waals surface area contributed by atoms with Crippen LogP contribution in [0.2, 0.25) is 0 Å². The number of ether oxygens (including phenoxy) is 1. The number of rotatable bonds is 6. The summed E-state index contributed by atoms with van der Waals surface area (Å²) >= 11 is 0. The zero-order chi connectivity index (χ0) is 14.4. The van der Waals surface area contributed by atoms with Gasteiger partial charge in [0.2, 0.25) is 5.91 Å². The lowest BCUT2D eigenvalue weighted by atomic mass is 10.0. The summed E-state index contributed by atoms with van der Waals surface area (Å²) in [5.74, 6) is 0.198. The molecular weight excluding hydrogens is 325 g/mol. The molecule has 132 valence electrons. The summed E-state index contributed by atoms with van der Waals surface area (Å²) in [6.45, 7) is 9.04. The Labute approximate surface area is 146 Å². The standard InChI is InChI=1S/C15H29N3O2.2ClH/c1-12(2)20-11-10-18-8-5-13(6-9-18)17-15(19)14-4-3-7-16-14;;/h12-14,16H,3-11H2,1-2H3,(H,17,19);2*1H. The average molecular weight is 356 g/mol. The zero-order valence-corrected chi connectivity index (χ0v) is 15.3. The average Bonchev–Trinajstić information content (AvgIpc) is 2.94. The smallest absolute Gasteiger partial charge is 0.237 e. The van der Waals surface area contributed by atoms with Crippen LogP contribution in [0.15, 0.2) is 0 Å². The first-order valence-corrected chi connectivity index (χ1v) is 8.03. The predicted octanol–water partition coefficient (Wildman–Crippen LogP) is 1.59. The van der Waals surface area contributed by atoms with Crippen LogP contribution in [0.25, 0.3) is 0 Å². The molecule has 1 atom stereocenters. The molecule has 0 spiro atoms. The van der Waals surface area contributed by atoms with Crippen molar-refractivity contribution in [2.45, 2.75) is 57.7 Å². The second-order valence-electron chi connectivity index (χ2n) is 6.19. The van der Waals surface area contributed by atoms with E-state index in [1.165, 1.54) is 0 Å². The Morgan fingerprint density at radius 1 is 1.27 bits per heavy atom. The van der Waals surface area contributed by atoms with E-state index in [4.69, 9.17) is 4.74 Å². The highest BCUT2D eigenvalue weighted by Crippen LogP contribution is 2.12. The van der Waals surface area contributed by atoms with Gasteiger partial charge in [0.1, 0.15) is 0 Å². The van der Waals surface area contributed by atoms with E-state index in [0.29, 0.717) is 12.1 Å². The van der Waals surface area contributed by atoms with Crippen LogP contribution >= 0.6 is 24.8 Å². The minimum Gasteiger partial charge on any atom is -0.377 e. The fourth-order valence-electron chi connectivity index (χ4n) is 2.93. The van der Waals surface area contributed by atoms with Gasteiger partial charge in [-0.1, -0.05) is 0 Å². The molecule has 5 nitrogen and oxygen atoms in total. The Hall–Kier alpha value is -0.0700. The highest BCUT2D eigenvalue weighted by atomic mass is 35.5. The highest BCUT2D eigenvalue weighted by Gasteiger charge is 2.26. The summed E-state index contributed by atoms with van der Waals surface area (Å²) in [6, 6.07) is 0.402. The van der Waals surface area contributed by atoms with Crippen molar-refractivity contribution in [2.24, 2.45) is 0 Å². The minimum absolute atomic E-state index is 0. The van der Waals surface area contributed by atoms with Crippen LogP contribution in [0.5, 0.6) is 0 Å². The van der Waals surface area contributed by atoms with E-state index in [-0.39, 0.29) is 36.8 Å². The predicted molar refractivity (Wildman–Crippen MR) is 94.2 cm³/mol. The normalized spacial score (nSPS) is 23.0. The Kier molecular flexibility index (Phi) is 11.4. The number of piperidine rings is 1. The van der Waals surface area contributed by atoms with Crippen LogP contribution in [-0.2, 0) is 9.53 Å². The van der Waals surface area contributed by atoms with Gasteiger partial charge in [0.15, 0.2) is 0 Å². The first-order chi connectivity index (χ1) is 9.65. The molecular formula is C15H31Cl2N3O2. The van der Waals surface area contributed by atoms with E-state index in [0.717, 1.165) is 58.5 Å². The quantitative estimate of drug-likeness (QED) is 0.759. The number of carbonyl (C=O) groups is 1. The minimum atomic E-state index is 0.